The fourth-order valence-electron chi connectivity index (χ4n) is 5.21. The van der Waals surface area contributed by atoms with E-state index in [-0.39, 0.29) is 24.1 Å². The highest BCUT2D eigenvalue weighted by molar-refractivity contribution is 6.05. The second kappa shape index (κ2) is 6.97. The summed E-state index contributed by atoms with van der Waals surface area (Å²) in [5.41, 5.74) is 2.81. The van der Waals surface area contributed by atoms with Gasteiger partial charge in [0.1, 0.15) is 6.04 Å². The zero-order valence-electron chi connectivity index (χ0n) is 15.9. The van der Waals surface area contributed by atoms with Crippen molar-refractivity contribution in [1.82, 2.24) is 20.9 Å². The van der Waals surface area contributed by atoms with Crippen molar-refractivity contribution < 1.29 is 14.4 Å². The summed E-state index contributed by atoms with van der Waals surface area (Å²) in [6.07, 6.45) is 4.56. The zero-order chi connectivity index (χ0) is 19.3. The Morgan fingerprint density at radius 3 is 2.64 bits per heavy atom. The van der Waals surface area contributed by atoms with Crippen LogP contribution in [0.3, 0.4) is 0 Å². The zero-order valence-corrected chi connectivity index (χ0v) is 15.9. The summed E-state index contributed by atoms with van der Waals surface area (Å²) >= 11 is 0. The van der Waals surface area contributed by atoms with Crippen molar-refractivity contribution in [2.24, 2.45) is 5.92 Å². The summed E-state index contributed by atoms with van der Waals surface area (Å²) in [6.45, 7) is 2.26. The van der Waals surface area contributed by atoms with Crippen LogP contribution in [0.5, 0.6) is 0 Å². The fourth-order valence-corrected chi connectivity index (χ4v) is 5.21. The molecule has 7 nitrogen and oxygen atoms in total. The van der Waals surface area contributed by atoms with Crippen LogP contribution in [0.1, 0.15) is 53.6 Å². The molecule has 1 aromatic rings. The molecule has 3 N–H and O–H groups in total. The largest absolute Gasteiger partial charge is 0.322 e. The van der Waals surface area contributed by atoms with Gasteiger partial charge in [0.2, 0.25) is 11.8 Å². The summed E-state index contributed by atoms with van der Waals surface area (Å²) in [4.78, 5) is 37.8. The molecule has 6 rings (SSSR count). The van der Waals surface area contributed by atoms with Crippen LogP contribution in [0.2, 0.25) is 0 Å². The van der Waals surface area contributed by atoms with Crippen LogP contribution in [0, 0.1) is 5.92 Å². The van der Waals surface area contributed by atoms with E-state index in [1.165, 1.54) is 19.3 Å². The van der Waals surface area contributed by atoms with E-state index in [1.54, 1.807) is 4.90 Å². The fraction of sp³-hybridized carbons (Fsp3) is 0.571. The number of carbonyl (C=O) groups excluding carboxylic acids is 3. The maximum absolute atomic E-state index is 12.7. The Bertz CT molecular complexity index is 823. The van der Waals surface area contributed by atoms with Gasteiger partial charge in [0.05, 0.1) is 0 Å². The minimum absolute atomic E-state index is 0.113. The smallest absolute Gasteiger partial charge is 0.255 e. The monoisotopic (exact) mass is 382 g/mol. The third kappa shape index (κ3) is 3.22. The number of hydrogen-bond acceptors (Lipinski definition) is 5. The van der Waals surface area contributed by atoms with E-state index in [0.717, 1.165) is 42.2 Å². The highest BCUT2D eigenvalue weighted by Crippen LogP contribution is 2.32. The molecule has 4 heterocycles. The predicted octanol–water partition coefficient (Wildman–Crippen LogP) is 0.678. The van der Waals surface area contributed by atoms with E-state index in [4.69, 9.17) is 0 Å². The number of amides is 3. The Labute approximate surface area is 164 Å². The maximum Gasteiger partial charge on any atom is 0.255 e. The Morgan fingerprint density at radius 2 is 1.89 bits per heavy atom. The number of imide groups is 1. The van der Waals surface area contributed by atoms with Gasteiger partial charge < -0.3 is 15.5 Å². The number of nitrogens with zero attached hydrogens (tertiary/aromatic N) is 1. The van der Waals surface area contributed by atoms with Crippen LogP contribution in [0.15, 0.2) is 18.2 Å². The van der Waals surface area contributed by atoms with E-state index in [1.807, 2.05) is 12.1 Å². The van der Waals surface area contributed by atoms with Gasteiger partial charge in [0, 0.05) is 37.2 Å². The summed E-state index contributed by atoms with van der Waals surface area (Å²) in [5, 5.41) is 9.49. The molecule has 148 valence electrons. The molecule has 1 saturated carbocycles. The molecular formula is C21H26N4O3. The molecule has 0 spiro atoms. The molecule has 4 atom stereocenters. The maximum atomic E-state index is 12.7. The van der Waals surface area contributed by atoms with Crippen LogP contribution < -0.4 is 16.0 Å². The van der Waals surface area contributed by atoms with Crippen LogP contribution in [-0.2, 0) is 22.7 Å². The SMILES string of the molecule is O=C1CCC(N2Cc3cc(CNCC4C[C@@H]5C[C@H](C4)N5)ccc3C2=O)C(=O)N1. The van der Waals surface area contributed by atoms with Gasteiger partial charge in [-0.1, -0.05) is 12.1 Å². The number of nitrogens with one attached hydrogen (secondary N) is 3. The highest BCUT2D eigenvalue weighted by Gasteiger charge is 2.39. The van der Waals surface area contributed by atoms with Gasteiger partial charge in [0.25, 0.3) is 5.91 Å². The first-order valence-corrected chi connectivity index (χ1v) is 10.3. The molecule has 4 aliphatic heterocycles. The molecule has 28 heavy (non-hydrogen) atoms. The number of fused-ring (bicyclic) bond motifs is 3. The van der Waals surface area contributed by atoms with Crippen molar-refractivity contribution in [3.63, 3.8) is 0 Å². The molecular weight excluding hydrogens is 356 g/mol. The number of piperidine rings is 2. The summed E-state index contributed by atoms with van der Waals surface area (Å²) in [7, 11) is 0. The number of carbonyl (C=O) groups is 3. The molecule has 0 aromatic heterocycles. The van der Waals surface area contributed by atoms with Gasteiger partial charge in [0.15, 0.2) is 0 Å². The summed E-state index contributed by atoms with van der Waals surface area (Å²) in [6, 6.07) is 6.86. The van der Waals surface area contributed by atoms with E-state index in [9.17, 15) is 14.4 Å². The van der Waals surface area contributed by atoms with Crippen molar-refractivity contribution in [1.29, 1.82) is 0 Å². The molecule has 3 saturated heterocycles. The summed E-state index contributed by atoms with van der Waals surface area (Å²) in [5.74, 6) is 0.0195. The van der Waals surface area contributed by atoms with Crippen LogP contribution in [0.4, 0.5) is 0 Å². The highest BCUT2D eigenvalue weighted by atomic mass is 16.2. The molecule has 2 bridgehead atoms. The van der Waals surface area contributed by atoms with Crippen LogP contribution in [0.25, 0.3) is 0 Å². The Hall–Kier alpha value is -2.25. The minimum atomic E-state index is -0.550. The van der Waals surface area contributed by atoms with Gasteiger partial charge in [-0.3, -0.25) is 19.7 Å². The molecule has 4 fully saturated rings. The molecule has 3 amide bonds. The molecule has 0 radical (unpaired) electrons. The first-order chi connectivity index (χ1) is 13.6. The number of rotatable bonds is 5. The van der Waals surface area contributed by atoms with Gasteiger partial charge >= 0.3 is 0 Å². The van der Waals surface area contributed by atoms with Crippen molar-refractivity contribution in [2.75, 3.05) is 6.54 Å². The molecule has 5 aliphatic rings. The van der Waals surface area contributed by atoms with E-state index in [0.29, 0.717) is 18.5 Å². The second-order valence-corrected chi connectivity index (χ2v) is 8.66. The van der Waals surface area contributed by atoms with E-state index >= 15 is 0 Å². The van der Waals surface area contributed by atoms with Crippen LogP contribution >= 0.6 is 0 Å². The van der Waals surface area contributed by atoms with Gasteiger partial charge in [-0.2, -0.15) is 0 Å². The predicted molar refractivity (Wildman–Crippen MR) is 102 cm³/mol. The lowest BCUT2D eigenvalue weighted by atomic mass is 9.76. The van der Waals surface area contributed by atoms with Gasteiger partial charge in [-0.25, -0.2) is 0 Å². The molecule has 1 aromatic carbocycles. The lowest BCUT2D eigenvalue weighted by Crippen LogP contribution is -2.58. The van der Waals surface area contributed by atoms with Gasteiger partial charge in [-0.15, -0.1) is 0 Å². The Morgan fingerprint density at radius 1 is 1.11 bits per heavy atom. The first-order valence-electron chi connectivity index (χ1n) is 10.3. The van der Waals surface area contributed by atoms with E-state index < -0.39 is 6.04 Å². The quantitative estimate of drug-likeness (QED) is 0.652. The normalized spacial score (nSPS) is 31.4. The van der Waals surface area contributed by atoms with Crippen molar-refractivity contribution in [3.8, 4) is 0 Å². The second-order valence-electron chi connectivity index (χ2n) is 8.66. The third-order valence-corrected chi connectivity index (χ3v) is 6.63. The average molecular weight is 382 g/mol. The lowest BCUT2D eigenvalue weighted by molar-refractivity contribution is -0.136. The third-order valence-electron chi connectivity index (χ3n) is 6.63. The topological polar surface area (TPSA) is 90.5 Å². The number of benzene rings is 1. The van der Waals surface area contributed by atoms with E-state index in [2.05, 4.69) is 22.0 Å². The van der Waals surface area contributed by atoms with Crippen molar-refractivity contribution in [2.45, 2.75) is 63.3 Å². The standard InChI is InChI=1S/C21H26N4O3/c26-19-4-3-18(20(27)24-19)25-11-14-5-12(1-2-17(14)21(25)28)9-22-10-13-6-15-8-16(7-13)23-15/h1-2,5,13,15-16,18,22-23H,3-4,6-11H2,(H,24,26,27)/t13?,15-,16+,18?. The Kier molecular flexibility index (Phi) is 4.44. The molecule has 1 aliphatic carbocycles. The Balaban J connectivity index is 1.19. The average Bonchev–Trinajstić information content (AvgIpc) is 2.97. The minimum Gasteiger partial charge on any atom is -0.322 e. The summed E-state index contributed by atoms with van der Waals surface area (Å²) < 4.78 is 0. The number of hydrogen-bond donors (Lipinski definition) is 3. The first kappa shape index (κ1) is 17.8. The van der Waals surface area contributed by atoms with Gasteiger partial charge in [-0.05, 0) is 55.3 Å². The molecule has 2 unspecified atom stereocenters. The van der Waals surface area contributed by atoms with Crippen LogP contribution in [-0.4, -0.2) is 47.3 Å². The molecule has 7 heteroatoms. The van der Waals surface area contributed by atoms with Crippen molar-refractivity contribution >= 4 is 17.7 Å². The lowest BCUT2D eigenvalue weighted by Gasteiger charge is -2.46. The van der Waals surface area contributed by atoms with Crippen molar-refractivity contribution in [3.05, 3.63) is 34.9 Å².